The first-order chi connectivity index (χ1) is 6.41. The van der Waals surface area contributed by atoms with Crippen LogP contribution >= 0.6 is 0 Å². The van der Waals surface area contributed by atoms with Crippen molar-refractivity contribution >= 4 is 30.3 Å². The van der Waals surface area contributed by atoms with Gasteiger partial charge in [-0.25, -0.2) is 0 Å². The maximum Gasteiger partial charge on any atom is 0.409 e. The molecule has 0 amide bonds. The van der Waals surface area contributed by atoms with Crippen molar-refractivity contribution in [1.82, 2.24) is 0 Å². The number of unbranched alkanes of at least 4 members (excludes halogenated alkanes) is 5. The average Bonchev–Trinajstić information content (AvgIpc) is 2.16. The van der Waals surface area contributed by atoms with E-state index in [9.17, 15) is 0 Å². The molecule has 0 heterocycles. The van der Waals surface area contributed by atoms with Gasteiger partial charge in [0.05, 0.1) is 0 Å². The minimum Gasteiger partial charge on any atom is -0.435 e. The highest BCUT2D eigenvalue weighted by Crippen LogP contribution is 2.06. The van der Waals surface area contributed by atoms with Crippen LogP contribution in [0.15, 0.2) is 0 Å². The molecule has 0 aromatic carbocycles. The van der Waals surface area contributed by atoms with E-state index in [4.69, 9.17) is 4.12 Å². The molecule has 0 spiro atoms. The summed E-state index contributed by atoms with van der Waals surface area (Å²) < 4.78 is 9.81. The third-order valence-corrected chi connectivity index (χ3v) is 3.59. The van der Waals surface area contributed by atoms with Crippen LogP contribution in [0.5, 0.6) is 0 Å². The Kier molecular flexibility index (Phi) is 13.1. The largest absolute Gasteiger partial charge is 0.435 e. The second-order valence-corrected chi connectivity index (χ2v) is 5.54. The normalized spacial score (nSPS) is 10.6. The number of hydrogen-bond acceptors (Lipinski definition) is 2. The van der Waals surface area contributed by atoms with Gasteiger partial charge in [0.2, 0.25) is 20.2 Å². The molecule has 0 saturated carbocycles. The molecule has 2 nitrogen and oxygen atoms in total. The summed E-state index contributed by atoms with van der Waals surface area (Å²) in [6.07, 6.45) is 8.15. The first-order valence-electron chi connectivity index (χ1n) is 4.88. The molecule has 0 aliphatic rings. The molecule has 0 atom stereocenters. The van der Waals surface area contributed by atoms with Crippen LogP contribution < -0.4 is 0 Å². The molecule has 73 valence electrons. The summed E-state index contributed by atoms with van der Waals surface area (Å²) in [7, 11) is 3.66. The fourth-order valence-corrected chi connectivity index (χ4v) is 2.66. The summed E-state index contributed by atoms with van der Waals surface area (Å²) in [4.78, 5) is 0. The number of rotatable bonds is 10. The molecule has 0 aromatic rings. The molecule has 0 aliphatic carbocycles. The smallest absolute Gasteiger partial charge is 0.409 e. The third kappa shape index (κ3) is 12.6. The van der Waals surface area contributed by atoms with Gasteiger partial charge in [-0.15, -0.1) is 0 Å². The average molecular weight is 229 g/mol. The van der Waals surface area contributed by atoms with Crippen LogP contribution in [-0.2, 0) is 8.23 Å². The Morgan fingerprint density at radius 1 is 1.08 bits per heavy atom. The zero-order chi connectivity index (χ0) is 9.78. The van der Waals surface area contributed by atoms with Crippen molar-refractivity contribution in [1.29, 1.82) is 0 Å². The van der Waals surface area contributed by atoms with Crippen molar-refractivity contribution in [3.8, 4) is 0 Å². The molecule has 0 unspecified atom stereocenters. The number of hydrogen-bond donors (Lipinski definition) is 0. The van der Waals surface area contributed by atoms with Crippen molar-refractivity contribution in [2.45, 2.75) is 51.5 Å². The summed E-state index contributed by atoms with van der Waals surface area (Å²) in [5.41, 5.74) is 0. The van der Waals surface area contributed by atoms with Crippen LogP contribution in [-0.4, -0.2) is 30.3 Å². The minimum atomic E-state index is 0.153. The summed E-state index contributed by atoms with van der Waals surface area (Å²) in [5.74, 6) is 0. The lowest BCUT2D eigenvalue weighted by atomic mass is 10.1. The third-order valence-electron chi connectivity index (χ3n) is 1.79. The maximum atomic E-state index is 5.20. The Bertz CT molecular complexity index is 83.5. The van der Waals surface area contributed by atoms with Gasteiger partial charge in [-0.3, -0.25) is 0 Å². The van der Waals surface area contributed by atoms with Gasteiger partial charge >= 0.3 is 10.0 Å². The van der Waals surface area contributed by atoms with Crippen molar-refractivity contribution in [3.63, 3.8) is 0 Å². The van der Waals surface area contributed by atoms with E-state index < -0.39 is 0 Å². The predicted molar refractivity (Wildman–Crippen MR) is 57.6 cm³/mol. The van der Waals surface area contributed by atoms with E-state index >= 15 is 0 Å². The van der Waals surface area contributed by atoms with E-state index in [0.29, 0.717) is 9.76 Å². The molecule has 0 aliphatic heterocycles. The SMILES string of the molecule is CCCCCCCC[Si]O[Si]O[Si]. The molecule has 5 heteroatoms. The Morgan fingerprint density at radius 3 is 2.46 bits per heavy atom. The van der Waals surface area contributed by atoms with Gasteiger partial charge in [-0.2, -0.15) is 0 Å². The highest BCUT2D eigenvalue weighted by Gasteiger charge is 1.94. The van der Waals surface area contributed by atoms with Crippen LogP contribution in [0.1, 0.15) is 45.4 Å². The van der Waals surface area contributed by atoms with E-state index in [0.717, 1.165) is 0 Å². The van der Waals surface area contributed by atoms with Gasteiger partial charge in [-0.1, -0.05) is 45.4 Å². The molecule has 13 heavy (non-hydrogen) atoms. The zero-order valence-corrected chi connectivity index (χ0v) is 11.3. The summed E-state index contributed by atoms with van der Waals surface area (Å²) in [6, 6.07) is 1.19. The first kappa shape index (κ1) is 13.6. The van der Waals surface area contributed by atoms with Crippen molar-refractivity contribution < 1.29 is 8.23 Å². The molecular formula is C8H17O2Si3. The zero-order valence-electron chi connectivity index (χ0n) is 8.27. The second-order valence-electron chi connectivity index (χ2n) is 2.95. The Hall–Kier alpha value is 0.571. The van der Waals surface area contributed by atoms with Crippen molar-refractivity contribution in [2.75, 3.05) is 0 Å². The van der Waals surface area contributed by atoms with E-state index in [2.05, 4.69) is 21.5 Å². The van der Waals surface area contributed by atoms with E-state index in [1.165, 1.54) is 44.6 Å². The second kappa shape index (κ2) is 12.6. The quantitative estimate of drug-likeness (QED) is 0.422. The molecule has 0 rings (SSSR count). The van der Waals surface area contributed by atoms with Crippen molar-refractivity contribution in [3.05, 3.63) is 0 Å². The lowest BCUT2D eigenvalue weighted by Gasteiger charge is -2.00. The van der Waals surface area contributed by atoms with Gasteiger partial charge in [0.1, 0.15) is 0 Å². The fourth-order valence-electron chi connectivity index (χ4n) is 1.08. The molecule has 0 fully saturated rings. The van der Waals surface area contributed by atoms with Gasteiger partial charge < -0.3 is 8.23 Å². The fraction of sp³-hybridized carbons (Fsp3) is 1.00. The molecule has 0 aromatic heterocycles. The first-order valence-corrected chi connectivity index (χ1v) is 7.22. The Morgan fingerprint density at radius 2 is 1.77 bits per heavy atom. The molecule has 0 bridgehead atoms. The highest BCUT2D eigenvalue weighted by molar-refractivity contribution is 6.41. The standard InChI is InChI=1S/C8H17O2Si3/c1-2-3-4-5-6-7-8-12-10-13-9-11/h2-8H2,1H3. The molecule has 7 radical (unpaired) electrons. The van der Waals surface area contributed by atoms with E-state index in [1.54, 1.807) is 0 Å². The van der Waals surface area contributed by atoms with Crippen LogP contribution in [0.25, 0.3) is 0 Å². The highest BCUT2D eigenvalue weighted by atomic mass is 28.3. The minimum absolute atomic E-state index is 0.153. The molecular weight excluding hydrogens is 212 g/mol. The summed E-state index contributed by atoms with van der Waals surface area (Å²) >= 11 is 0. The lowest BCUT2D eigenvalue weighted by Crippen LogP contribution is -2.06. The van der Waals surface area contributed by atoms with Gasteiger partial charge in [0.25, 0.3) is 0 Å². The van der Waals surface area contributed by atoms with Crippen LogP contribution in [0, 0.1) is 0 Å². The summed E-state index contributed by atoms with van der Waals surface area (Å²) in [6.45, 7) is 2.25. The molecule has 0 saturated heterocycles. The Balaban J connectivity index is 2.76. The van der Waals surface area contributed by atoms with Crippen molar-refractivity contribution in [2.24, 2.45) is 0 Å². The van der Waals surface area contributed by atoms with Gasteiger partial charge in [0, 0.05) is 0 Å². The van der Waals surface area contributed by atoms with Gasteiger partial charge in [0.15, 0.2) is 0 Å². The monoisotopic (exact) mass is 229 g/mol. The summed E-state index contributed by atoms with van der Waals surface area (Å²) in [5, 5.41) is 0. The Labute approximate surface area is 90.3 Å². The topological polar surface area (TPSA) is 18.5 Å². The molecule has 0 N–H and O–H groups in total. The van der Waals surface area contributed by atoms with E-state index in [1.807, 2.05) is 0 Å². The van der Waals surface area contributed by atoms with Crippen LogP contribution in [0.2, 0.25) is 6.04 Å². The lowest BCUT2D eigenvalue weighted by molar-refractivity contribution is 0.499. The maximum absolute atomic E-state index is 5.20. The van der Waals surface area contributed by atoms with Gasteiger partial charge in [-0.05, 0) is 6.04 Å². The van der Waals surface area contributed by atoms with Crippen LogP contribution in [0.4, 0.5) is 0 Å². The van der Waals surface area contributed by atoms with Crippen LogP contribution in [0.3, 0.4) is 0 Å². The predicted octanol–water partition coefficient (Wildman–Crippen LogP) is 2.04. The van der Waals surface area contributed by atoms with E-state index in [-0.39, 0.29) is 10.0 Å².